The van der Waals surface area contributed by atoms with Crippen molar-refractivity contribution in [1.29, 1.82) is 0 Å². The maximum Gasteiger partial charge on any atom is 0.341 e. The standard InChI is InChI=1S/C19H21NO3/c1-2-22-19(21)17-10-9-16(20-11-6-12-20)13-18(17)23-14-15-7-4-3-5-8-15/h3-5,7-10,13H,2,6,11-12,14H2,1H3. The average Bonchev–Trinajstić information content (AvgIpc) is 2.52. The third-order valence-corrected chi connectivity index (χ3v) is 3.92. The zero-order valence-corrected chi connectivity index (χ0v) is 13.3. The summed E-state index contributed by atoms with van der Waals surface area (Å²) in [6.45, 7) is 4.69. The Bertz CT molecular complexity index is 666. The van der Waals surface area contributed by atoms with Gasteiger partial charge in [-0.2, -0.15) is 0 Å². The lowest BCUT2D eigenvalue weighted by Crippen LogP contribution is -2.36. The Morgan fingerprint density at radius 3 is 2.57 bits per heavy atom. The Morgan fingerprint density at radius 2 is 1.91 bits per heavy atom. The van der Waals surface area contributed by atoms with Gasteiger partial charge in [-0.3, -0.25) is 0 Å². The molecule has 4 heteroatoms. The Hall–Kier alpha value is -2.49. The van der Waals surface area contributed by atoms with Crippen LogP contribution in [-0.2, 0) is 11.3 Å². The molecule has 1 heterocycles. The summed E-state index contributed by atoms with van der Waals surface area (Å²) in [5.41, 5.74) is 2.64. The van der Waals surface area contributed by atoms with Crippen molar-refractivity contribution in [3.8, 4) is 5.75 Å². The van der Waals surface area contributed by atoms with Gasteiger partial charge in [-0.15, -0.1) is 0 Å². The fourth-order valence-corrected chi connectivity index (χ4v) is 2.51. The van der Waals surface area contributed by atoms with Crippen molar-refractivity contribution in [2.24, 2.45) is 0 Å². The van der Waals surface area contributed by atoms with Crippen molar-refractivity contribution in [1.82, 2.24) is 0 Å². The molecule has 1 fully saturated rings. The molecule has 0 radical (unpaired) electrons. The van der Waals surface area contributed by atoms with Crippen LogP contribution in [0.2, 0.25) is 0 Å². The predicted octanol–water partition coefficient (Wildman–Crippen LogP) is 3.65. The van der Waals surface area contributed by atoms with Gasteiger partial charge in [-0.1, -0.05) is 30.3 Å². The molecule has 0 aliphatic carbocycles. The first-order valence-corrected chi connectivity index (χ1v) is 8.01. The van der Waals surface area contributed by atoms with Crippen LogP contribution in [0.5, 0.6) is 5.75 Å². The van der Waals surface area contributed by atoms with Crippen LogP contribution in [0.4, 0.5) is 5.69 Å². The number of carbonyl (C=O) groups excluding carboxylic acids is 1. The molecule has 0 saturated carbocycles. The second-order valence-electron chi connectivity index (χ2n) is 5.52. The fraction of sp³-hybridized carbons (Fsp3) is 0.316. The summed E-state index contributed by atoms with van der Waals surface area (Å²) in [5.74, 6) is 0.238. The van der Waals surface area contributed by atoms with Crippen molar-refractivity contribution < 1.29 is 14.3 Å². The first kappa shape index (κ1) is 15.4. The molecule has 3 rings (SSSR count). The van der Waals surface area contributed by atoms with Gasteiger partial charge >= 0.3 is 5.97 Å². The fourth-order valence-electron chi connectivity index (χ4n) is 2.51. The zero-order valence-electron chi connectivity index (χ0n) is 13.3. The van der Waals surface area contributed by atoms with E-state index in [1.165, 1.54) is 6.42 Å². The van der Waals surface area contributed by atoms with Gasteiger partial charge in [0.05, 0.1) is 6.61 Å². The predicted molar refractivity (Wildman–Crippen MR) is 90.0 cm³/mol. The minimum absolute atomic E-state index is 0.342. The summed E-state index contributed by atoms with van der Waals surface area (Å²) in [6, 6.07) is 15.6. The number of nitrogens with zero attached hydrogens (tertiary/aromatic N) is 1. The smallest absolute Gasteiger partial charge is 0.341 e. The molecule has 0 bridgehead atoms. The first-order chi connectivity index (χ1) is 11.3. The van der Waals surface area contributed by atoms with E-state index in [0.717, 1.165) is 24.3 Å². The first-order valence-electron chi connectivity index (χ1n) is 8.01. The number of ether oxygens (including phenoxy) is 2. The van der Waals surface area contributed by atoms with E-state index >= 15 is 0 Å². The molecular weight excluding hydrogens is 290 g/mol. The maximum absolute atomic E-state index is 12.1. The molecule has 1 aliphatic heterocycles. The number of hydrogen-bond acceptors (Lipinski definition) is 4. The zero-order chi connectivity index (χ0) is 16.1. The van der Waals surface area contributed by atoms with E-state index < -0.39 is 0 Å². The van der Waals surface area contributed by atoms with Gasteiger partial charge < -0.3 is 14.4 Å². The molecule has 120 valence electrons. The lowest BCUT2D eigenvalue weighted by Gasteiger charge is -2.33. The summed E-state index contributed by atoms with van der Waals surface area (Å²) in [6.07, 6.45) is 1.21. The van der Waals surface area contributed by atoms with Crippen LogP contribution < -0.4 is 9.64 Å². The third kappa shape index (κ3) is 3.65. The van der Waals surface area contributed by atoms with Gasteiger partial charge in [-0.05, 0) is 31.0 Å². The topological polar surface area (TPSA) is 38.8 Å². The van der Waals surface area contributed by atoms with E-state index in [1.807, 2.05) is 42.5 Å². The Kier molecular flexibility index (Phi) is 4.81. The van der Waals surface area contributed by atoms with Gasteiger partial charge in [-0.25, -0.2) is 4.79 Å². The van der Waals surface area contributed by atoms with Gasteiger partial charge in [0.15, 0.2) is 0 Å². The highest BCUT2D eigenvalue weighted by Crippen LogP contribution is 2.29. The van der Waals surface area contributed by atoms with Gasteiger partial charge in [0, 0.05) is 24.8 Å². The quantitative estimate of drug-likeness (QED) is 0.763. The molecule has 4 nitrogen and oxygen atoms in total. The van der Waals surface area contributed by atoms with Crippen LogP contribution in [-0.4, -0.2) is 25.7 Å². The summed E-state index contributed by atoms with van der Waals surface area (Å²) in [5, 5.41) is 0. The number of esters is 1. The van der Waals surface area contributed by atoms with E-state index in [0.29, 0.717) is 24.5 Å². The van der Waals surface area contributed by atoms with E-state index in [2.05, 4.69) is 4.90 Å². The molecule has 0 aromatic heterocycles. The summed E-state index contributed by atoms with van der Waals surface area (Å²) >= 11 is 0. The SMILES string of the molecule is CCOC(=O)c1ccc(N2CCC2)cc1OCc1ccccc1. The van der Waals surface area contributed by atoms with Crippen LogP contribution in [0, 0.1) is 0 Å². The molecule has 0 amide bonds. The number of hydrogen-bond donors (Lipinski definition) is 0. The van der Waals surface area contributed by atoms with Crippen molar-refractivity contribution >= 4 is 11.7 Å². The molecule has 0 N–H and O–H groups in total. The number of rotatable bonds is 6. The highest BCUT2D eigenvalue weighted by Gasteiger charge is 2.19. The monoisotopic (exact) mass is 311 g/mol. The van der Waals surface area contributed by atoms with Crippen LogP contribution in [0.1, 0.15) is 29.3 Å². The van der Waals surface area contributed by atoms with Crippen LogP contribution in [0.15, 0.2) is 48.5 Å². The lowest BCUT2D eigenvalue weighted by molar-refractivity contribution is 0.0521. The van der Waals surface area contributed by atoms with E-state index in [-0.39, 0.29) is 5.97 Å². The molecular formula is C19H21NO3. The molecule has 0 atom stereocenters. The molecule has 2 aromatic carbocycles. The van der Waals surface area contributed by atoms with E-state index in [9.17, 15) is 4.79 Å². The van der Waals surface area contributed by atoms with Gasteiger partial charge in [0.1, 0.15) is 17.9 Å². The highest BCUT2D eigenvalue weighted by molar-refractivity contribution is 5.93. The Morgan fingerprint density at radius 1 is 1.13 bits per heavy atom. The average molecular weight is 311 g/mol. The van der Waals surface area contributed by atoms with Crippen LogP contribution in [0.3, 0.4) is 0 Å². The second-order valence-corrected chi connectivity index (χ2v) is 5.52. The maximum atomic E-state index is 12.1. The van der Waals surface area contributed by atoms with Crippen molar-refractivity contribution in [3.05, 3.63) is 59.7 Å². The normalized spacial score (nSPS) is 13.3. The Balaban J connectivity index is 1.82. The van der Waals surface area contributed by atoms with Crippen molar-refractivity contribution in [2.75, 3.05) is 24.6 Å². The Labute approximate surface area is 136 Å². The van der Waals surface area contributed by atoms with Crippen LogP contribution in [0.25, 0.3) is 0 Å². The van der Waals surface area contributed by atoms with E-state index in [1.54, 1.807) is 13.0 Å². The minimum atomic E-state index is -0.342. The summed E-state index contributed by atoms with van der Waals surface area (Å²) in [4.78, 5) is 14.4. The summed E-state index contributed by atoms with van der Waals surface area (Å²) in [7, 11) is 0. The number of benzene rings is 2. The minimum Gasteiger partial charge on any atom is -0.488 e. The second kappa shape index (κ2) is 7.18. The third-order valence-electron chi connectivity index (χ3n) is 3.92. The molecule has 23 heavy (non-hydrogen) atoms. The molecule has 2 aromatic rings. The van der Waals surface area contributed by atoms with Crippen LogP contribution >= 0.6 is 0 Å². The molecule has 1 saturated heterocycles. The largest absolute Gasteiger partial charge is 0.488 e. The molecule has 1 aliphatic rings. The van der Waals surface area contributed by atoms with Crippen molar-refractivity contribution in [3.63, 3.8) is 0 Å². The van der Waals surface area contributed by atoms with Gasteiger partial charge in [0.25, 0.3) is 0 Å². The lowest BCUT2D eigenvalue weighted by atomic mass is 10.1. The summed E-state index contributed by atoms with van der Waals surface area (Å²) < 4.78 is 11.1. The highest BCUT2D eigenvalue weighted by atomic mass is 16.5. The van der Waals surface area contributed by atoms with Gasteiger partial charge in [0.2, 0.25) is 0 Å². The number of carbonyl (C=O) groups is 1. The molecule has 0 unspecified atom stereocenters. The number of anilines is 1. The van der Waals surface area contributed by atoms with E-state index in [4.69, 9.17) is 9.47 Å². The molecule has 0 spiro atoms. The van der Waals surface area contributed by atoms with Crippen molar-refractivity contribution in [2.45, 2.75) is 20.0 Å².